The molecule has 2 atom stereocenters. The maximum Gasteiger partial charge on any atom is 0.261 e. The fourth-order valence-corrected chi connectivity index (χ4v) is 3.46. The molecule has 5 heteroatoms. The number of carbonyl (C=O) groups excluding carboxylic acids is 1. The van der Waals surface area contributed by atoms with Crippen molar-refractivity contribution in [3.05, 3.63) is 24.3 Å². The Bertz CT molecular complexity index is 479. The largest absolute Gasteiger partial charge is 0.488 e. The molecule has 1 saturated heterocycles. The molecular weight excluding hydrogens is 238 g/mol. The van der Waals surface area contributed by atoms with Crippen molar-refractivity contribution in [1.29, 1.82) is 0 Å². The van der Waals surface area contributed by atoms with E-state index < -0.39 is 11.0 Å². The van der Waals surface area contributed by atoms with Crippen LogP contribution in [0.25, 0.3) is 0 Å². The first kappa shape index (κ1) is 10.9. The van der Waals surface area contributed by atoms with Crippen molar-refractivity contribution in [3.63, 3.8) is 0 Å². The van der Waals surface area contributed by atoms with Crippen molar-refractivity contribution < 1.29 is 14.3 Å². The summed E-state index contributed by atoms with van der Waals surface area (Å²) in [6.45, 7) is 0.468. The molecule has 17 heavy (non-hydrogen) atoms. The lowest BCUT2D eigenvalue weighted by Crippen LogP contribution is -2.77. The Morgan fingerprint density at radius 3 is 3.00 bits per heavy atom. The maximum atomic E-state index is 12.1. The fourth-order valence-electron chi connectivity index (χ4n) is 2.50. The molecule has 0 N–H and O–H groups in total. The van der Waals surface area contributed by atoms with Crippen LogP contribution in [0.4, 0.5) is 5.69 Å². The van der Waals surface area contributed by atoms with Gasteiger partial charge in [0.25, 0.3) is 5.91 Å². The first-order valence-corrected chi connectivity index (χ1v) is 6.61. The predicted octanol–water partition coefficient (Wildman–Crippen LogP) is 1.50. The number of anilines is 1. The number of nitrogens with zero attached hydrogens (tertiary/aromatic N) is 1. The van der Waals surface area contributed by atoms with Crippen LogP contribution in [0.1, 0.15) is 0 Å². The molecular formula is C12H13NO3S. The van der Waals surface area contributed by atoms with Gasteiger partial charge in [0.1, 0.15) is 12.4 Å². The monoisotopic (exact) mass is 251 g/mol. The van der Waals surface area contributed by atoms with Crippen molar-refractivity contribution in [2.75, 3.05) is 24.9 Å². The number of ether oxygens (including phenoxy) is 2. The summed E-state index contributed by atoms with van der Waals surface area (Å²) in [5, 5.41) is 0. The minimum absolute atomic E-state index is 0.0117. The van der Waals surface area contributed by atoms with E-state index in [2.05, 4.69) is 0 Å². The number of fused-ring (bicyclic) bond motifs is 3. The Labute approximate surface area is 104 Å². The molecule has 1 aromatic rings. The molecule has 2 unspecified atom stereocenters. The maximum absolute atomic E-state index is 12.1. The van der Waals surface area contributed by atoms with Crippen LogP contribution in [-0.2, 0) is 9.53 Å². The Morgan fingerprint density at radius 1 is 1.53 bits per heavy atom. The molecule has 0 bridgehead atoms. The van der Waals surface area contributed by atoms with Crippen molar-refractivity contribution in [2.45, 2.75) is 11.0 Å². The van der Waals surface area contributed by atoms with Gasteiger partial charge in [-0.1, -0.05) is 12.1 Å². The lowest BCUT2D eigenvalue weighted by molar-refractivity contribution is -0.143. The number of hydrogen-bond donors (Lipinski definition) is 0. The fraction of sp³-hybridized carbons (Fsp3) is 0.417. The molecule has 2 aliphatic rings. The standard InChI is InChI=1S/C12H13NO3S/c1-15-10-11(14)13-8-5-3-4-6-9(8)16-7-12(10,13)17-2/h3-6,10H,7H2,1-2H3. The number of benzene rings is 1. The summed E-state index contributed by atoms with van der Waals surface area (Å²) in [6.07, 6.45) is 1.56. The average Bonchev–Trinajstić information content (AvgIpc) is 2.36. The van der Waals surface area contributed by atoms with E-state index >= 15 is 0 Å². The van der Waals surface area contributed by atoms with E-state index in [1.807, 2.05) is 30.5 Å². The normalized spacial score (nSPS) is 30.1. The van der Waals surface area contributed by atoms with Gasteiger partial charge in [-0.15, -0.1) is 11.8 Å². The van der Waals surface area contributed by atoms with Gasteiger partial charge in [0.15, 0.2) is 11.0 Å². The quantitative estimate of drug-likeness (QED) is 0.747. The van der Waals surface area contributed by atoms with E-state index in [-0.39, 0.29) is 5.91 Å². The number of amides is 1. The Balaban J connectivity index is 2.08. The highest BCUT2D eigenvalue weighted by Gasteiger charge is 2.64. The molecule has 3 rings (SSSR count). The summed E-state index contributed by atoms with van der Waals surface area (Å²) >= 11 is 1.60. The lowest BCUT2D eigenvalue weighted by atomic mass is 9.94. The highest BCUT2D eigenvalue weighted by molar-refractivity contribution is 8.00. The summed E-state index contributed by atoms with van der Waals surface area (Å²) in [6, 6.07) is 7.60. The molecule has 1 fully saturated rings. The van der Waals surface area contributed by atoms with Crippen LogP contribution >= 0.6 is 11.8 Å². The minimum Gasteiger partial charge on any atom is -0.488 e. The van der Waals surface area contributed by atoms with E-state index in [1.54, 1.807) is 23.8 Å². The molecule has 1 aromatic carbocycles. The molecule has 1 amide bonds. The van der Waals surface area contributed by atoms with Crippen molar-refractivity contribution in [2.24, 2.45) is 0 Å². The molecule has 4 nitrogen and oxygen atoms in total. The number of carbonyl (C=O) groups is 1. The van der Waals surface area contributed by atoms with E-state index in [9.17, 15) is 4.79 Å². The third-order valence-corrected chi connectivity index (χ3v) is 4.58. The number of β-lactam (4-membered cyclic amide) rings is 1. The summed E-state index contributed by atoms with van der Waals surface area (Å²) in [4.78, 5) is 13.5. The van der Waals surface area contributed by atoms with Gasteiger partial charge in [-0.3, -0.25) is 9.69 Å². The molecule has 2 heterocycles. The summed E-state index contributed by atoms with van der Waals surface area (Å²) in [7, 11) is 1.57. The first-order valence-electron chi connectivity index (χ1n) is 5.38. The van der Waals surface area contributed by atoms with Crippen LogP contribution in [0, 0.1) is 0 Å². The Hall–Kier alpha value is -1.20. The number of hydrogen-bond acceptors (Lipinski definition) is 4. The van der Waals surface area contributed by atoms with Gasteiger partial charge in [-0.2, -0.15) is 0 Å². The van der Waals surface area contributed by atoms with Gasteiger partial charge >= 0.3 is 0 Å². The third kappa shape index (κ3) is 1.21. The number of rotatable bonds is 2. The van der Waals surface area contributed by atoms with E-state index in [1.165, 1.54) is 0 Å². The highest BCUT2D eigenvalue weighted by atomic mass is 32.2. The summed E-state index contributed by atoms with van der Waals surface area (Å²) < 4.78 is 11.0. The molecule has 90 valence electrons. The van der Waals surface area contributed by atoms with E-state index in [4.69, 9.17) is 9.47 Å². The van der Waals surface area contributed by atoms with Gasteiger partial charge in [-0.25, -0.2) is 0 Å². The van der Waals surface area contributed by atoms with Crippen molar-refractivity contribution in [3.8, 4) is 5.75 Å². The van der Waals surface area contributed by atoms with Gasteiger partial charge < -0.3 is 9.47 Å². The molecule has 0 saturated carbocycles. The van der Waals surface area contributed by atoms with Crippen LogP contribution in [0.2, 0.25) is 0 Å². The summed E-state index contributed by atoms with van der Waals surface area (Å²) in [5.41, 5.74) is 0.839. The van der Waals surface area contributed by atoms with Crippen LogP contribution in [0.5, 0.6) is 5.75 Å². The second-order valence-electron chi connectivity index (χ2n) is 4.09. The number of para-hydroxylation sites is 2. The van der Waals surface area contributed by atoms with Gasteiger partial charge in [0.05, 0.1) is 5.69 Å². The van der Waals surface area contributed by atoms with Crippen LogP contribution < -0.4 is 9.64 Å². The van der Waals surface area contributed by atoms with Gasteiger partial charge in [0, 0.05) is 7.11 Å². The molecule has 0 aromatic heterocycles. The summed E-state index contributed by atoms with van der Waals surface area (Å²) in [5.74, 6) is 0.776. The molecule has 0 aliphatic carbocycles. The minimum atomic E-state index is -0.411. The Morgan fingerprint density at radius 2 is 2.29 bits per heavy atom. The van der Waals surface area contributed by atoms with Crippen molar-refractivity contribution >= 4 is 23.4 Å². The third-order valence-electron chi connectivity index (χ3n) is 3.36. The van der Waals surface area contributed by atoms with Crippen LogP contribution in [0.15, 0.2) is 24.3 Å². The SMILES string of the molecule is COC1C(=O)N2c3ccccc3OCC12SC. The second kappa shape index (κ2) is 3.65. The van der Waals surface area contributed by atoms with Gasteiger partial charge in [0.2, 0.25) is 0 Å². The second-order valence-corrected chi connectivity index (χ2v) is 5.21. The highest BCUT2D eigenvalue weighted by Crippen LogP contribution is 2.51. The van der Waals surface area contributed by atoms with Gasteiger partial charge in [-0.05, 0) is 18.4 Å². The van der Waals surface area contributed by atoms with E-state index in [0.29, 0.717) is 6.61 Å². The zero-order chi connectivity index (χ0) is 12.0. The molecule has 2 aliphatic heterocycles. The predicted molar refractivity (Wildman–Crippen MR) is 66.5 cm³/mol. The zero-order valence-corrected chi connectivity index (χ0v) is 10.5. The topological polar surface area (TPSA) is 38.8 Å². The van der Waals surface area contributed by atoms with Crippen LogP contribution in [-0.4, -0.2) is 36.9 Å². The van der Waals surface area contributed by atoms with E-state index in [0.717, 1.165) is 11.4 Å². The smallest absolute Gasteiger partial charge is 0.261 e. The number of thioether (sulfide) groups is 1. The Kier molecular flexibility index (Phi) is 2.34. The molecule has 0 spiro atoms. The van der Waals surface area contributed by atoms with Crippen LogP contribution in [0.3, 0.4) is 0 Å². The lowest BCUT2D eigenvalue weighted by Gasteiger charge is -2.57. The number of methoxy groups -OCH3 is 1. The first-order chi connectivity index (χ1) is 8.24. The zero-order valence-electron chi connectivity index (χ0n) is 9.67. The average molecular weight is 251 g/mol. The molecule has 0 radical (unpaired) electrons. The van der Waals surface area contributed by atoms with Crippen molar-refractivity contribution in [1.82, 2.24) is 0 Å².